The minimum atomic E-state index is -0.753. The summed E-state index contributed by atoms with van der Waals surface area (Å²) >= 11 is 0. The second-order valence-electron chi connectivity index (χ2n) is 5.14. The first-order valence-electron chi connectivity index (χ1n) is 6.62. The Balaban J connectivity index is 2.12. The molecule has 1 aliphatic carbocycles. The molecule has 2 N–H and O–H groups in total. The number of carboxylic acids is 1. The predicted octanol–water partition coefficient (Wildman–Crippen LogP) is 1.56. The van der Waals surface area contributed by atoms with Gasteiger partial charge in [-0.2, -0.15) is 0 Å². The maximum Gasteiger partial charge on any atom is 0.306 e. The Hall–Kier alpha value is -1.10. The normalized spacial score (nSPS) is 23.3. The molecule has 0 heterocycles. The van der Waals surface area contributed by atoms with Crippen LogP contribution in [0.25, 0.3) is 0 Å². The predicted molar refractivity (Wildman–Crippen MR) is 67.2 cm³/mol. The highest BCUT2D eigenvalue weighted by atomic mass is 16.5. The summed E-state index contributed by atoms with van der Waals surface area (Å²) in [5.74, 6) is -1.05. The lowest BCUT2D eigenvalue weighted by molar-refractivity contribution is -0.141. The molecule has 0 radical (unpaired) electrons. The molecule has 2 atom stereocenters. The maximum absolute atomic E-state index is 11.6. The zero-order chi connectivity index (χ0) is 13.5. The summed E-state index contributed by atoms with van der Waals surface area (Å²) < 4.78 is 5.35. The minimum Gasteiger partial charge on any atom is -0.481 e. The van der Waals surface area contributed by atoms with E-state index in [1.165, 1.54) is 0 Å². The van der Waals surface area contributed by atoms with Gasteiger partial charge in [-0.3, -0.25) is 9.59 Å². The molecule has 0 aromatic carbocycles. The number of carbonyl (C=O) groups is 2. The number of aliphatic carboxylic acids is 1. The summed E-state index contributed by atoms with van der Waals surface area (Å²) in [6.07, 6.45) is 3.34. The molecular weight excluding hydrogens is 234 g/mol. The Labute approximate surface area is 108 Å². The number of ether oxygens (including phenoxy) is 1. The summed E-state index contributed by atoms with van der Waals surface area (Å²) in [7, 11) is 0. The molecule has 0 aliphatic heterocycles. The van der Waals surface area contributed by atoms with E-state index in [1.807, 2.05) is 13.8 Å². The van der Waals surface area contributed by atoms with Crippen LogP contribution in [0, 0.1) is 5.92 Å². The number of carboxylic acid groups (broad SMARTS) is 1. The van der Waals surface area contributed by atoms with Crippen molar-refractivity contribution in [2.75, 3.05) is 6.61 Å². The van der Waals surface area contributed by atoms with Crippen LogP contribution in [0.3, 0.4) is 0 Å². The summed E-state index contributed by atoms with van der Waals surface area (Å²) in [4.78, 5) is 22.4. The summed E-state index contributed by atoms with van der Waals surface area (Å²) in [5.41, 5.74) is 0. The average Bonchev–Trinajstić information content (AvgIpc) is 2.72. The molecule has 5 heteroatoms. The van der Waals surface area contributed by atoms with Gasteiger partial charge in [0.1, 0.15) is 0 Å². The van der Waals surface area contributed by atoms with E-state index in [1.54, 1.807) is 0 Å². The maximum atomic E-state index is 11.6. The highest BCUT2D eigenvalue weighted by molar-refractivity contribution is 5.76. The van der Waals surface area contributed by atoms with Crippen molar-refractivity contribution in [3.8, 4) is 0 Å². The van der Waals surface area contributed by atoms with E-state index < -0.39 is 5.97 Å². The van der Waals surface area contributed by atoms with E-state index in [-0.39, 0.29) is 24.0 Å². The molecule has 1 amide bonds. The smallest absolute Gasteiger partial charge is 0.306 e. The van der Waals surface area contributed by atoms with Crippen LogP contribution in [0.5, 0.6) is 0 Å². The summed E-state index contributed by atoms with van der Waals surface area (Å²) in [6.45, 7) is 4.52. The second-order valence-corrected chi connectivity index (χ2v) is 5.14. The van der Waals surface area contributed by atoms with Gasteiger partial charge in [0.15, 0.2) is 0 Å². The van der Waals surface area contributed by atoms with Crippen LogP contribution in [0.4, 0.5) is 0 Å². The monoisotopic (exact) mass is 257 g/mol. The number of amides is 1. The largest absolute Gasteiger partial charge is 0.481 e. The number of carbonyl (C=O) groups excluding carboxylic acids is 1. The van der Waals surface area contributed by atoms with Crippen molar-refractivity contribution in [3.63, 3.8) is 0 Å². The van der Waals surface area contributed by atoms with Crippen LogP contribution in [-0.4, -0.2) is 35.7 Å². The van der Waals surface area contributed by atoms with E-state index >= 15 is 0 Å². The lowest BCUT2D eigenvalue weighted by atomic mass is 10.1. The first kappa shape index (κ1) is 15.0. The number of rotatable bonds is 7. The Morgan fingerprint density at radius 3 is 2.67 bits per heavy atom. The van der Waals surface area contributed by atoms with Gasteiger partial charge in [-0.05, 0) is 39.5 Å². The van der Waals surface area contributed by atoms with Crippen molar-refractivity contribution in [1.82, 2.24) is 5.32 Å². The minimum absolute atomic E-state index is 0.00149. The van der Waals surface area contributed by atoms with E-state index in [0.717, 1.165) is 6.42 Å². The van der Waals surface area contributed by atoms with Crippen LogP contribution in [0.2, 0.25) is 0 Å². The fraction of sp³-hybridized carbons (Fsp3) is 0.846. The highest BCUT2D eigenvalue weighted by Crippen LogP contribution is 2.25. The molecule has 0 saturated heterocycles. The zero-order valence-corrected chi connectivity index (χ0v) is 11.1. The first-order valence-corrected chi connectivity index (χ1v) is 6.62. The van der Waals surface area contributed by atoms with Gasteiger partial charge in [-0.15, -0.1) is 0 Å². The number of nitrogens with one attached hydrogen (secondary N) is 1. The van der Waals surface area contributed by atoms with Gasteiger partial charge in [0.2, 0.25) is 5.91 Å². The SMILES string of the molecule is CC(C)OCCCC(=O)N[C@H]1CC[C@@H](C(=O)O)C1. The lowest BCUT2D eigenvalue weighted by Crippen LogP contribution is -2.33. The van der Waals surface area contributed by atoms with Crippen LogP contribution in [0.1, 0.15) is 46.0 Å². The van der Waals surface area contributed by atoms with Crippen molar-refractivity contribution >= 4 is 11.9 Å². The Kier molecular flexibility index (Phi) is 6.12. The van der Waals surface area contributed by atoms with Gasteiger partial charge < -0.3 is 15.2 Å². The van der Waals surface area contributed by atoms with Gasteiger partial charge in [0, 0.05) is 19.1 Å². The van der Waals surface area contributed by atoms with Crippen molar-refractivity contribution in [1.29, 1.82) is 0 Å². The van der Waals surface area contributed by atoms with Crippen molar-refractivity contribution in [2.24, 2.45) is 5.92 Å². The number of hydrogen-bond acceptors (Lipinski definition) is 3. The fourth-order valence-electron chi connectivity index (χ4n) is 2.19. The second kappa shape index (κ2) is 7.36. The fourth-order valence-corrected chi connectivity index (χ4v) is 2.19. The molecule has 1 saturated carbocycles. The Morgan fingerprint density at radius 2 is 2.11 bits per heavy atom. The molecule has 0 bridgehead atoms. The molecule has 104 valence electrons. The molecule has 18 heavy (non-hydrogen) atoms. The van der Waals surface area contributed by atoms with Crippen LogP contribution >= 0.6 is 0 Å². The molecule has 0 unspecified atom stereocenters. The number of hydrogen-bond donors (Lipinski definition) is 2. The molecular formula is C13H23NO4. The van der Waals surface area contributed by atoms with Crippen molar-refractivity contribution < 1.29 is 19.4 Å². The highest BCUT2D eigenvalue weighted by Gasteiger charge is 2.30. The van der Waals surface area contributed by atoms with Crippen LogP contribution in [-0.2, 0) is 14.3 Å². The Bertz CT molecular complexity index is 291. The van der Waals surface area contributed by atoms with E-state index in [4.69, 9.17) is 9.84 Å². The third kappa shape index (κ3) is 5.49. The van der Waals surface area contributed by atoms with Gasteiger partial charge >= 0.3 is 5.97 Å². The first-order chi connectivity index (χ1) is 8.49. The third-order valence-corrected chi connectivity index (χ3v) is 3.15. The molecule has 5 nitrogen and oxygen atoms in total. The molecule has 1 rings (SSSR count). The summed E-state index contributed by atoms with van der Waals surface area (Å²) in [6, 6.07) is 0.0321. The standard InChI is InChI=1S/C13H23NO4/c1-9(2)18-7-3-4-12(15)14-11-6-5-10(8-11)13(16)17/h9-11H,3-8H2,1-2H3,(H,14,15)(H,16,17)/t10-,11+/m1/s1. The Morgan fingerprint density at radius 1 is 1.39 bits per heavy atom. The molecule has 0 aromatic rings. The quantitative estimate of drug-likeness (QED) is 0.679. The third-order valence-electron chi connectivity index (χ3n) is 3.15. The van der Waals surface area contributed by atoms with Crippen molar-refractivity contribution in [2.45, 2.75) is 58.1 Å². The zero-order valence-electron chi connectivity index (χ0n) is 11.1. The van der Waals surface area contributed by atoms with Crippen molar-refractivity contribution in [3.05, 3.63) is 0 Å². The molecule has 1 aliphatic rings. The van der Waals surface area contributed by atoms with Gasteiger partial charge in [0.05, 0.1) is 12.0 Å². The molecule has 1 fully saturated rings. The van der Waals surface area contributed by atoms with E-state index in [2.05, 4.69) is 5.32 Å². The van der Waals surface area contributed by atoms with Crippen LogP contribution in [0.15, 0.2) is 0 Å². The van der Waals surface area contributed by atoms with E-state index in [9.17, 15) is 9.59 Å². The van der Waals surface area contributed by atoms with Gasteiger partial charge in [0.25, 0.3) is 0 Å². The van der Waals surface area contributed by atoms with E-state index in [0.29, 0.717) is 32.3 Å². The molecule has 0 aromatic heterocycles. The molecule has 0 spiro atoms. The lowest BCUT2D eigenvalue weighted by Gasteiger charge is -2.12. The van der Waals surface area contributed by atoms with Gasteiger partial charge in [-0.1, -0.05) is 0 Å². The van der Waals surface area contributed by atoms with Crippen LogP contribution < -0.4 is 5.32 Å². The average molecular weight is 257 g/mol. The van der Waals surface area contributed by atoms with Gasteiger partial charge in [-0.25, -0.2) is 0 Å². The topological polar surface area (TPSA) is 75.6 Å². The summed E-state index contributed by atoms with van der Waals surface area (Å²) in [5, 5.41) is 11.8.